The van der Waals surface area contributed by atoms with Crippen molar-refractivity contribution in [2.24, 2.45) is 0 Å². The van der Waals surface area contributed by atoms with E-state index in [1.807, 2.05) is 50.4 Å². The summed E-state index contributed by atoms with van der Waals surface area (Å²) in [6.07, 6.45) is 2.50. The van der Waals surface area contributed by atoms with E-state index in [0.29, 0.717) is 12.2 Å². The van der Waals surface area contributed by atoms with Gasteiger partial charge < -0.3 is 5.32 Å². The number of hydrogen-bond donors (Lipinski definition) is 1. The SMILES string of the molecule is CCC(C(=O)Nc1nn(-c2ccccc2)cc1C)c1ccc(F)cc1. The summed E-state index contributed by atoms with van der Waals surface area (Å²) in [5, 5.41) is 7.37. The van der Waals surface area contributed by atoms with E-state index in [2.05, 4.69) is 10.4 Å². The molecule has 128 valence electrons. The highest BCUT2D eigenvalue weighted by atomic mass is 19.1. The van der Waals surface area contributed by atoms with Crippen LogP contribution in [0.4, 0.5) is 10.2 Å². The molecule has 0 bridgehead atoms. The summed E-state index contributed by atoms with van der Waals surface area (Å²) in [7, 11) is 0. The van der Waals surface area contributed by atoms with Gasteiger partial charge in [-0.3, -0.25) is 4.79 Å². The molecule has 0 saturated carbocycles. The molecular formula is C20H20FN3O. The van der Waals surface area contributed by atoms with E-state index in [1.165, 1.54) is 12.1 Å². The lowest BCUT2D eigenvalue weighted by Crippen LogP contribution is -2.21. The van der Waals surface area contributed by atoms with E-state index in [1.54, 1.807) is 16.8 Å². The largest absolute Gasteiger partial charge is 0.308 e. The van der Waals surface area contributed by atoms with Gasteiger partial charge >= 0.3 is 0 Å². The summed E-state index contributed by atoms with van der Waals surface area (Å²) in [6.45, 7) is 3.84. The van der Waals surface area contributed by atoms with E-state index in [4.69, 9.17) is 0 Å². The van der Waals surface area contributed by atoms with Crippen LogP contribution in [0.5, 0.6) is 0 Å². The Morgan fingerprint density at radius 3 is 2.48 bits per heavy atom. The van der Waals surface area contributed by atoms with Gasteiger partial charge in [-0.2, -0.15) is 0 Å². The second kappa shape index (κ2) is 7.30. The lowest BCUT2D eigenvalue weighted by Gasteiger charge is -2.14. The van der Waals surface area contributed by atoms with Crippen LogP contribution in [0.3, 0.4) is 0 Å². The maximum atomic E-state index is 13.1. The van der Waals surface area contributed by atoms with Crippen molar-refractivity contribution in [2.45, 2.75) is 26.2 Å². The molecule has 0 aliphatic heterocycles. The molecule has 1 N–H and O–H groups in total. The smallest absolute Gasteiger partial charge is 0.233 e. The minimum atomic E-state index is -0.345. The molecule has 3 rings (SSSR count). The van der Waals surface area contributed by atoms with Gasteiger partial charge in [-0.05, 0) is 43.2 Å². The summed E-state index contributed by atoms with van der Waals surface area (Å²) >= 11 is 0. The predicted molar refractivity (Wildman–Crippen MR) is 96.4 cm³/mol. The third-order valence-electron chi connectivity index (χ3n) is 4.16. The summed E-state index contributed by atoms with van der Waals surface area (Å²) in [4.78, 5) is 12.7. The Labute approximate surface area is 146 Å². The Balaban J connectivity index is 1.80. The lowest BCUT2D eigenvalue weighted by atomic mass is 9.95. The van der Waals surface area contributed by atoms with Crippen LogP contribution in [0.1, 0.15) is 30.4 Å². The number of benzene rings is 2. The van der Waals surface area contributed by atoms with Gasteiger partial charge in [0.1, 0.15) is 5.82 Å². The van der Waals surface area contributed by atoms with Crippen molar-refractivity contribution in [3.05, 3.63) is 77.7 Å². The molecule has 25 heavy (non-hydrogen) atoms. The minimum Gasteiger partial charge on any atom is -0.308 e. The van der Waals surface area contributed by atoms with E-state index >= 15 is 0 Å². The number of aromatic nitrogens is 2. The van der Waals surface area contributed by atoms with E-state index in [9.17, 15) is 9.18 Å². The summed E-state index contributed by atoms with van der Waals surface area (Å²) < 4.78 is 14.8. The van der Waals surface area contributed by atoms with Crippen LogP contribution in [0, 0.1) is 12.7 Å². The molecule has 0 radical (unpaired) electrons. The van der Waals surface area contributed by atoms with Gasteiger partial charge in [0.25, 0.3) is 0 Å². The fourth-order valence-corrected chi connectivity index (χ4v) is 2.77. The maximum Gasteiger partial charge on any atom is 0.233 e. The normalized spacial score (nSPS) is 12.0. The number of hydrogen-bond acceptors (Lipinski definition) is 2. The van der Waals surface area contributed by atoms with Gasteiger partial charge in [0.2, 0.25) is 5.91 Å². The molecule has 0 aliphatic rings. The minimum absolute atomic E-state index is 0.143. The van der Waals surface area contributed by atoms with Crippen molar-refractivity contribution in [1.29, 1.82) is 0 Å². The number of carbonyl (C=O) groups is 1. The van der Waals surface area contributed by atoms with Gasteiger partial charge in [0.15, 0.2) is 5.82 Å². The van der Waals surface area contributed by atoms with Crippen LogP contribution < -0.4 is 5.32 Å². The highest BCUT2D eigenvalue weighted by Crippen LogP contribution is 2.23. The number of nitrogens with zero attached hydrogens (tertiary/aromatic N) is 2. The highest BCUT2D eigenvalue weighted by Gasteiger charge is 2.20. The monoisotopic (exact) mass is 337 g/mol. The molecule has 0 spiro atoms. The Kier molecular flexibility index (Phi) is 4.93. The number of anilines is 1. The Hall–Kier alpha value is -2.95. The van der Waals surface area contributed by atoms with E-state index < -0.39 is 0 Å². The van der Waals surface area contributed by atoms with Crippen molar-refractivity contribution >= 4 is 11.7 Å². The number of carbonyl (C=O) groups excluding carboxylic acids is 1. The lowest BCUT2D eigenvalue weighted by molar-refractivity contribution is -0.117. The summed E-state index contributed by atoms with van der Waals surface area (Å²) in [5.74, 6) is -0.261. The standard InChI is InChI=1S/C20H20FN3O/c1-3-18(15-9-11-16(21)12-10-15)20(25)22-19-14(2)13-24(23-19)17-7-5-4-6-8-17/h4-13,18H,3H2,1-2H3,(H,22,23,25). The van der Waals surface area contributed by atoms with Gasteiger partial charge in [-0.25, -0.2) is 9.07 Å². The molecule has 2 aromatic carbocycles. The highest BCUT2D eigenvalue weighted by molar-refractivity contribution is 5.95. The van der Waals surface area contributed by atoms with Gasteiger partial charge in [0.05, 0.1) is 11.6 Å². The van der Waals surface area contributed by atoms with Crippen LogP contribution in [-0.4, -0.2) is 15.7 Å². The molecule has 0 aliphatic carbocycles. The summed E-state index contributed by atoms with van der Waals surface area (Å²) in [5.41, 5.74) is 2.60. The summed E-state index contributed by atoms with van der Waals surface area (Å²) in [6, 6.07) is 15.8. The molecule has 0 fully saturated rings. The van der Waals surface area contributed by atoms with Crippen molar-refractivity contribution in [2.75, 3.05) is 5.32 Å². The molecule has 1 atom stereocenters. The molecule has 4 nitrogen and oxygen atoms in total. The average molecular weight is 337 g/mol. The quantitative estimate of drug-likeness (QED) is 0.747. The zero-order valence-electron chi connectivity index (χ0n) is 14.2. The molecular weight excluding hydrogens is 317 g/mol. The van der Waals surface area contributed by atoms with E-state index in [0.717, 1.165) is 16.8 Å². The third-order valence-corrected chi connectivity index (χ3v) is 4.16. The first-order valence-corrected chi connectivity index (χ1v) is 8.26. The fourth-order valence-electron chi connectivity index (χ4n) is 2.77. The first-order valence-electron chi connectivity index (χ1n) is 8.26. The van der Waals surface area contributed by atoms with E-state index in [-0.39, 0.29) is 17.6 Å². The van der Waals surface area contributed by atoms with Crippen LogP contribution in [0.2, 0.25) is 0 Å². The number of rotatable bonds is 5. The molecule has 1 amide bonds. The first kappa shape index (κ1) is 16.9. The number of nitrogens with one attached hydrogen (secondary N) is 1. The molecule has 3 aromatic rings. The fraction of sp³-hybridized carbons (Fsp3) is 0.200. The molecule has 1 aromatic heterocycles. The Bertz CT molecular complexity index is 856. The number of para-hydroxylation sites is 1. The first-order chi connectivity index (χ1) is 12.1. The van der Waals surface area contributed by atoms with Crippen LogP contribution in [-0.2, 0) is 4.79 Å². The maximum absolute atomic E-state index is 13.1. The third kappa shape index (κ3) is 3.76. The number of amides is 1. The van der Waals surface area contributed by atoms with Crippen LogP contribution in [0.25, 0.3) is 5.69 Å². The van der Waals surface area contributed by atoms with Crippen LogP contribution in [0.15, 0.2) is 60.8 Å². The van der Waals surface area contributed by atoms with Crippen LogP contribution >= 0.6 is 0 Å². The zero-order valence-corrected chi connectivity index (χ0v) is 14.2. The average Bonchev–Trinajstić information content (AvgIpc) is 2.99. The second-order valence-electron chi connectivity index (χ2n) is 5.94. The molecule has 5 heteroatoms. The zero-order chi connectivity index (χ0) is 17.8. The van der Waals surface area contributed by atoms with Crippen molar-refractivity contribution in [3.8, 4) is 5.69 Å². The Morgan fingerprint density at radius 1 is 1.16 bits per heavy atom. The predicted octanol–water partition coefficient (Wildman–Crippen LogP) is 4.45. The number of halogens is 1. The molecule has 0 saturated heterocycles. The topological polar surface area (TPSA) is 46.9 Å². The van der Waals surface area contributed by atoms with Crippen molar-refractivity contribution in [3.63, 3.8) is 0 Å². The molecule has 1 unspecified atom stereocenters. The van der Waals surface area contributed by atoms with Gasteiger partial charge in [-0.1, -0.05) is 37.3 Å². The number of aryl methyl sites for hydroxylation is 1. The second-order valence-corrected chi connectivity index (χ2v) is 5.94. The molecule has 1 heterocycles. The van der Waals surface area contributed by atoms with Gasteiger partial charge in [-0.15, -0.1) is 5.10 Å². The van der Waals surface area contributed by atoms with Gasteiger partial charge in [0, 0.05) is 11.8 Å². The Morgan fingerprint density at radius 2 is 1.84 bits per heavy atom. The van der Waals surface area contributed by atoms with Crippen molar-refractivity contribution in [1.82, 2.24) is 9.78 Å². The van der Waals surface area contributed by atoms with Crippen molar-refractivity contribution < 1.29 is 9.18 Å².